The topological polar surface area (TPSA) is 94.3 Å². The van der Waals surface area contributed by atoms with Crippen LogP contribution in [0.1, 0.15) is 50.2 Å². The van der Waals surface area contributed by atoms with Crippen molar-refractivity contribution in [2.75, 3.05) is 6.61 Å². The molecule has 116 valence electrons. The van der Waals surface area contributed by atoms with E-state index in [1.54, 1.807) is 13.8 Å². The molecule has 1 aliphatic rings. The molecule has 0 saturated heterocycles. The molecule has 1 fully saturated rings. The molecule has 7 nitrogen and oxygen atoms in total. The number of ether oxygens (including phenoxy) is 1. The van der Waals surface area contributed by atoms with Crippen LogP contribution in [0, 0.1) is 0 Å². The summed E-state index contributed by atoms with van der Waals surface area (Å²) in [4.78, 5) is 23.4. The molecule has 0 spiro atoms. The third kappa shape index (κ3) is 4.45. The Hall–Kier alpha value is -1.57. The summed E-state index contributed by atoms with van der Waals surface area (Å²) in [6.07, 6.45) is 4.41. The van der Waals surface area contributed by atoms with Gasteiger partial charge in [0.15, 0.2) is 0 Å². The number of carbonyl (C=O) groups excluding carboxylic acids is 2. The van der Waals surface area contributed by atoms with Gasteiger partial charge in [0.1, 0.15) is 0 Å². The second kappa shape index (κ2) is 7.44. The van der Waals surface area contributed by atoms with E-state index in [0.717, 1.165) is 24.6 Å². The van der Waals surface area contributed by atoms with E-state index >= 15 is 0 Å². The van der Waals surface area contributed by atoms with Crippen LogP contribution in [0.15, 0.2) is 9.64 Å². The monoisotopic (exact) mass is 313 g/mol. The number of hydrogen-bond donors (Lipinski definition) is 1. The molecule has 1 aliphatic carbocycles. The fourth-order valence-electron chi connectivity index (χ4n) is 2.13. The molecular weight excluding hydrogens is 294 g/mol. The zero-order chi connectivity index (χ0) is 15.2. The summed E-state index contributed by atoms with van der Waals surface area (Å²) in [5, 5.41) is 10.2. The highest BCUT2D eigenvalue weighted by molar-refractivity contribution is 8.00. The Morgan fingerprint density at radius 2 is 2.14 bits per heavy atom. The minimum Gasteiger partial charge on any atom is -0.459 e. The van der Waals surface area contributed by atoms with Gasteiger partial charge in [0.25, 0.3) is 5.22 Å². The van der Waals surface area contributed by atoms with Crippen LogP contribution in [0.5, 0.6) is 0 Å². The zero-order valence-corrected chi connectivity index (χ0v) is 12.9. The molecule has 0 radical (unpaired) electrons. The molecule has 1 atom stereocenters. The van der Waals surface area contributed by atoms with Crippen LogP contribution < -0.4 is 5.32 Å². The summed E-state index contributed by atoms with van der Waals surface area (Å²) in [6, 6.07) is 0.276. The van der Waals surface area contributed by atoms with E-state index in [1.807, 2.05) is 0 Å². The quantitative estimate of drug-likeness (QED) is 0.632. The summed E-state index contributed by atoms with van der Waals surface area (Å²) >= 11 is 1.13. The Kier molecular flexibility index (Phi) is 5.60. The molecule has 1 aromatic rings. The fraction of sp³-hybridized carbons (Fsp3) is 0.692. The number of nitrogens with zero attached hydrogens (tertiary/aromatic N) is 2. The smallest absolute Gasteiger partial charge is 0.396 e. The minimum atomic E-state index is -0.653. The van der Waals surface area contributed by atoms with Crippen molar-refractivity contribution in [2.45, 2.75) is 56.0 Å². The maximum atomic E-state index is 12.0. The van der Waals surface area contributed by atoms with Crippen molar-refractivity contribution in [3.63, 3.8) is 0 Å². The molecule has 0 aromatic carbocycles. The third-order valence-electron chi connectivity index (χ3n) is 3.20. The zero-order valence-electron chi connectivity index (χ0n) is 12.1. The molecule has 2 rings (SSSR count). The molecule has 1 N–H and O–H groups in total. The van der Waals surface area contributed by atoms with Gasteiger partial charge in [-0.2, -0.15) is 0 Å². The first-order valence-corrected chi connectivity index (χ1v) is 7.95. The van der Waals surface area contributed by atoms with E-state index in [9.17, 15) is 9.59 Å². The van der Waals surface area contributed by atoms with Crippen LogP contribution in [0.2, 0.25) is 0 Å². The Bertz CT molecular complexity index is 499. The number of esters is 1. The van der Waals surface area contributed by atoms with Gasteiger partial charge in [-0.25, -0.2) is 4.79 Å². The molecule has 1 saturated carbocycles. The molecule has 1 amide bonds. The molecule has 8 heteroatoms. The van der Waals surface area contributed by atoms with Crippen molar-refractivity contribution < 1.29 is 18.7 Å². The standard InChI is InChI=1S/C13H19N3O4S/c1-3-19-12(18)11-15-16-13(20-11)21-8(2)10(17)14-9-6-4-5-7-9/h8-9H,3-7H2,1-2H3,(H,14,17). The molecule has 21 heavy (non-hydrogen) atoms. The van der Waals surface area contributed by atoms with Crippen molar-refractivity contribution in [2.24, 2.45) is 0 Å². The molecule has 0 aliphatic heterocycles. The Morgan fingerprint density at radius 1 is 1.43 bits per heavy atom. The number of aromatic nitrogens is 2. The summed E-state index contributed by atoms with van der Waals surface area (Å²) in [7, 11) is 0. The third-order valence-corrected chi connectivity index (χ3v) is 4.14. The SMILES string of the molecule is CCOC(=O)c1nnc(SC(C)C(=O)NC2CCCC2)o1. The Balaban J connectivity index is 1.85. The van der Waals surface area contributed by atoms with E-state index in [0.29, 0.717) is 0 Å². The lowest BCUT2D eigenvalue weighted by molar-refractivity contribution is -0.120. The molecular formula is C13H19N3O4S. The van der Waals surface area contributed by atoms with Crippen molar-refractivity contribution in [3.05, 3.63) is 5.89 Å². The molecule has 1 heterocycles. The van der Waals surface area contributed by atoms with Crippen molar-refractivity contribution in [1.29, 1.82) is 0 Å². The van der Waals surface area contributed by atoms with E-state index < -0.39 is 5.97 Å². The van der Waals surface area contributed by atoms with E-state index in [1.165, 1.54) is 12.8 Å². The molecule has 0 bridgehead atoms. The lowest BCUT2D eigenvalue weighted by atomic mass is 10.2. The van der Waals surface area contributed by atoms with Crippen LogP contribution in [-0.4, -0.2) is 40.0 Å². The highest BCUT2D eigenvalue weighted by Crippen LogP contribution is 2.23. The molecule has 1 aromatic heterocycles. The highest BCUT2D eigenvalue weighted by Gasteiger charge is 2.24. The predicted octanol–water partition coefficient (Wildman–Crippen LogP) is 1.79. The largest absolute Gasteiger partial charge is 0.459 e. The summed E-state index contributed by atoms with van der Waals surface area (Å²) in [5.74, 6) is -0.898. The number of rotatable bonds is 6. The van der Waals surface area contributed by atoms with Crippen molar-refractivity contribution in [3.8, 4) is 0 Å². The Labute approximate surface area is 127 Å². The van der Waals surface area contributed by atoms with Crippen LogP contribution in [-0.2, 0) is 9.53 Å². The number of carbonyl (C=O) groups is 2. The van der Waals surface area contributed by atoms with Crippen LogP contribution in [0.4, 0.5) is 0 Å². The average molecular weight is 313 g/mol. The number of hydrogen-bond acceptors (Lipinski definition) is 7. The van der Waals surface area contributed by atoms with Gasteiger partial charge in [0.2, 0.25) is 5.91 Å². The van der Waals surface area contributed by atoms with Gasteiger partial charge in [-0.15, -0.1) is 5.10 Å². The second-order valence-corrected chi connectivity index (χ2v) is 6.14. The number of nitrogens with one attached hydrogen (secondary N) is 1. The predicted molar refractivity (Wildman–Crippen MR) is 76.0 cm³/mol. The fourth-order valence-corrected chi connectivity index (χ4v) is 2.82. The maximum Gasteiger partial charge on any atom is 0.396 e. The lowest BCUT2D eigenvalue weighted by Gasteiger charge is -2.14. The van der Waals surface area contributed by atoms with Gasteiger partial charge < -0.3 is 14.5 Å². The van der Waals surface area contributed by atoms with Crippen LogP contribution in [0.25, 0.3) is 0 Å². The minimum absolute atomic E-state index is 0.0530. The maximum absolute atomic E-state index is 12.0. The Morgan fingerprint density at radius 3 is 2.81 bits per heavy atom. The van der Waals surface area contributed by atoms with Crippen LogP contribution >= 0.6 is 11.8 Å². The summed E-state index contributed by atoms with van der Waals surface area (Å²) in [6.45, 7) is 3.70. The number of thioether (sulfide) groups is 1. The van der Waals surface area contributed by atoms with Crippen LogP contribution in [0.3, 0.4) is 0 Å². The normalized spacial score (nSPS) is 16.7. The van der Waals surface area contributed by atoms with Gasteiger partial charge in [0.05, 0.1) is 11.9 Å². The first-order valence-electron chi connectivity index (χ1n) is 7.07. The van der Waals surface area contributed by atoms with Gasteiger partial charge in [0, 0.05) is 6.04 Å². The van der Waals surface area contributed by atoms with Crippen molar-refractivity contribution >= 4 is 23.6 Å². The lowest BCUT2D eigenvalue weighted by Crippen LogP contribution is -2.37. The number of amides is 1. The summed E-state index contributed by atoms with van der Waals surface area (Å²) in [5.41, 5.74) is 0. The van der Waals surface area contributed by atoms with E-state index in [4.69, 9.17) is 9.15 Å². The van der Waals surface area contributed by atoms with Gasteiger partial charge in [-0.1, -0.05) is 29.7 Å². The van der Waals surface area contributed by atoms with Gasteiger partial charge >= 0.3 is 11.9 Å². The second-order valence-electron chi connectivity index (χ2n) is 4.84. The van der Waals surface area contributed by atoms with E-state index in [2.05, 4.69) is 15.5 Å². The van der Waals surface area contributed by atoms with Gasteiger partial charge in [-0.3, -0.25) is 4.79 Å². The van der Waals surface area contributed by atoms with Gasteiger partial charge in [-0.05, 0) is 26.7 Å². The first-order chi connectivity index (χ1) is 10.1. The highest BCUT2D eigenvalue weighted by atomic mass is 32.2. The average Bonchev–Trinajstić information content (AvgIpc) is 3.10. The van der Waals surface area contributed by atoms with Crippen molar-refractivity contribution in [1.82, 2.24) is 15.5 Å². The molecule has 1 unspecified atom stereocenters. The van der Waals surface area contributed by atoms with E-state index in [-0.39, 0.29) is 34.9 Å². The summed E-state index contributed by atoms with van der Waals surface area (Å²) < 4.78 is 9.93. The first kappa shape index (κ1) is 15.8.